The van der Waals surface area contributed by atoms with Crippen molar-refractivity contribution in [2.45, 2.75) is 98.1 Å². The molecule has 0 spiro atoms. The highest BCUT2D eigenvalue weighted by Gasteiger charge is 2.64. The first kappa shape index (κ1) is 23.2. The van der Waals surface area contributed by atoms with E-state index >= 15 is 4.39 Å². The van der Waals surface area contributed by atoms with E-state index in [1.165, 1.54) is 32.8 Å². The Balaban J connectivity index is 1.57. The van der Waals surface area contributed by atoms with Crippen LogP contribution in [0.3, 0.4) is 0 Å². The average Bonchev–Trinajstić information content (AvgIpc) is 3.11. The summed E-state index contributed by atoms with van der Waals surface area (Å²) < 4.78 is 20.1. The van der Waals surface area contributed by atoms with E-state index in [0.717, 1.165) is 25.7 Å². The van der Waals surface area contributed by atoms with Crippen molar-refractivity contribution in [2.24, 2.45) is 52.3 Å². The fourth-order valence-electron chi connectivity index (χ4n) is 9.42. The molecule has 31 heavy (non-hydrogen) atoms. The van der Waals surface area contributed by atoms with E-state index in [1.807, 2.05) is 0 Å². The maximum Gasteiger partial charge on any atom is 0.305 e. The van der Waals surface area contributed by atoms with Crippen LogP contribution in [-0.4, -0.2) is 25.0 Å². The molecule has 4 rings (SSSR count). The number of ether oxygens (including phenoxy) is 1. The second-order valence-corrected chi connectivity index (χ2v) is 12.0. The fraction of sp³-hybridized carbons (Fsp3) is 0.926. The summed E-state index contributed by atoms with van der Waals surface area (Å²) >= 11 is 0. The maximum atomic E-state index is 15.3. The van der Waals surface area contributed by atoms with Crippen LogP contribution in [0.4, 0.5) is 4.39 Å². The summed E-state index contributed by atoms with van der Waals surface area (Å²) in [4.78, 5) is 24.0. The number of rotatable bonds is 5. The SMILES string of the molecule is CC[C@H]1CC2C3CCC([C@H](C)CCC(=O)OC)[C@@]3(C)CCC2[C@@]2(C)CCC(=O)[C@H](F)[C@@H]12. The monoisotopic (exact) mass is 434 g/mol. The molecule has 4 unspecified atom stereocenters. The van der Waals surface area contributed by atoms with Gasteiger partial charge in [-0.05, 0) is 91.3 Å². The first-order valence-corrected chi connectivity index (χ1v) is 12.9. The Labute approximate surface area is 188 Å². The molecule has 0 aromatic rings. The predicted octanol–water partition coefficient (Wildman–Crippen LogP) is 6.39. The Morgan fingerprint density at radius 2 is 1.87 bits per heavy atom. The van der Waals surface area contributed by atoms with Crippen LogP contribution in [0.15, 0.2) is 0 Å². The molecule has 0 N–H and O–H groups in total. The number of Topliss-reactive ketones (excluding diaryl/α,β-unsaturated/α-hetero) is 1. The summed E-state index contributed by atoms with van der Waals surface area (Å²) in [6, 6.07) is 0. The highest BCUT2D eigenvalue weighted by Crippen LogP contribution is 2.69. The van der Waals surface area contributed by atoms with Crippen molar-refractivity contribution in [2.75, 3.05) is 7.11 Å². The Morgan fingerprint density at radius 3 is 2.55 bits per heavy atom. The minimum atomic E-state index is -1.24. The van der Waals surface area contributed by atoms with Crippen molar-refractivity contribution in [1.82, 2.24) is 0 Å². The molecule has 0 aromatic carbocycles. The number of hydrogen-bond donors (Lipinski definition) is 0. The van der Waals surface area contributed by atoms with Crippen LogP contribution in [0, 0.1) is 52.3 Å². The van der Waals surface area contributed by atoms with Gasteiger partial charge in [-0.1, -0.05) is 34.1 Å². The van der Waals surface area contributed by atoms with Gasteiger partial charge in [0, 0.05) is 18.8 Å². The summed E-state index contributed by atoms with van der Waals surface area (Å²) in [5.41, 5.74) is 0.310. The van der Waals surface area contributed by atoms with Crippen LogP contribution in [0.5, 0.6) is 0 Å². The van der Waals surface area contributed by atoms with Crippen LogP contribution in [0.25, 0.3) is 0 Å². The summed E-state index contributed by atoms with van der Waals surface area (Å²) in [6.45, 7) is 9.40. The number of hydrogen-bond acceptors (Lipinski definition) is 3. The molecule has 0 aliphatic heterocycles. The molecule has 3 nitrogen and oxygen atoms in total. The van der Waals surface area contributed by atoms with E-state index in [9.17, 15) is 9.59 Å². The normalized spacial score (nSPS) is 47.8. The van der Waals surface area contributed by atoms with Crippen LogP contribution in [0.2, 0.25) is 0 Å². The van der Waals surface area contributed by atoms with Crippen molar-refractivity contribution < 1.29 is 18.7 Å². The van der Waals surface area contributed by atoms with Crippen molar-refractivity contribution in [3.05, 3.63) is 0 Å². The number of halogens is 1. The number of fused-ring (bicyclic) bond motifs is 5. The Kier molecular flexibility index (Phi) is 6.33. The molecule has 0 aromatic heterocycles. The first-order valence-electron chi connectivity index (χ1n) is 12.9. The molecule has 0 bridgehead atoms. The van der Waals surface area contributed by atoms with Gasteiger partial charge in [0.2, 0.25) is 0 Å². The zero-order valence-corrected chi connectivity index (χ0v) is 20.3. The molecule has 0 saturated heterocycles. The molecule has 4 saturated carbocycles. The lowest BCUT2D eigenvalue weighted by Crippen LogP contribution is -2.59. The molecule has 4 heteroatoms. The number of alkyl halides is 1. The van der Waals surface area contributed by atoms with Crippen LogP contribution < -0.4 is 0 Å². The fourth-order valence-corrected chi connectivity index (χ4v) is 9.42. The van der Waals surface area contributed by atoms with E-state index in [0.29, 0.717) is 53.8 Å². The van der Waals surface area contributed by atoms with Gasteiger partial charge in [0.15, 0.2) is 12.0 Å². The minimum Gasteiger partial charge on any atom is -0.469 e. The Morgan fingerprint density at radius 1 is 1.16 bits per heavy atom. The molecule has 10 atom stereocenters. The molecular weight excluding hydrogens is 391 g/mol. The van der Waals surface area contributed by atoms with Gasteiger partial charge in [0.1, 0.15) is 0 Å². The first-order chi connectivity index (χ1) is 14.7. The smallest absolute Gasteiger partial charge is 0.305 e. The topological polar surface area (TPSA) is 43.4 Å². The average molecular weight is 435 g/mol. The van der Waals surface area contributed by atoms with Gasteiger partial charge < -0.3 is 4.74 Å². The second-order valence-electron chi connectivity index (χ2n) is 12.0. The minimum absolute atomic E-state index is 0.0210. The predicted molar refractivity (Wildman–Crippen MR) is 120 cm³/mol. The number of carbonyl (C=O) groups is 2. The van der Waals surface area contributed by atoms with Crippen LogP contribution in [-0.2, 0) is 14.3 Å². The molecule has 0 heterocycles. The standard InChI is InChI=1S/C27H43FO3/c1-6-17-15-18-20-9-8-19(16(2)7-10-23(30)31-5)26(20,3)13-11-21(18)27(4)14-12-22(29)25(28)24(17)27/h16-21,24-25H,6-15H2,1-5H3/t16-,17+,18?,19?,20?,21?,24-,25+,26-,27-/m1/s1. The third kappa shape index (κ3) is 3.59. The number of ketones is 1. The lowest BCUT2D eigenvalue weighted by molar-refractivity contribution is -0.168. The van der Waals surface area contributed by atoms with Gasteiger partial charge in [-0.25, -0.2) is 4.39 Å². The zero-order valence-electron chi connectivity index (χ0n) is 20.3. The van der Waals surface area contributed by atoms with E-state index in [4.69, 9.17) is 4.74 Å². The Hall–Kier alpha value is -0.930. The van der Waals surface area contributed by atoms with Crippen LogP contribution >= 0.6 is 0 Å². The lowest BCUT2D eigenvalue weighted by atomic mass is 9.42. The second kappa shape index (κ2) is 8.45. The van der Waals surface area contributed by atoms with Gasteiger partial charge in [0.05, 0.1) is 7.11 Å². The molecule has 176 valence electrons. The van der Waals surface area contributed by atoms with Crippen molar-refractivity contribution in [1.29, 1.82) is 0 Å². The van der Waals surface area contributed by atoms with Crippen molar-refractivity contribution in [3.8, 4) is 0 Å². The van der Waals surface area contributed by atoms with Gasteiger partial charge in [0.25, 0.3) is 0 Å². The maximum absolute atomic E-state index is 15.3. The third-order valence-electron chi connectivity index (χ3n) is 11.0. The molecule has 0 radical (unpaired) electrons. The molecule has 4 fully saturated rings. The summed E-state index contributed by atoms with van der Waals surface area (Å²) in [5, 5.41) is 0. The van der Waals surface area contributed by atoms with Gasteiger partial charge in [-0.2, -0.15) is 0 Å². The highest BCUT2D eigenvalue weighted by molar-refractivity contribution is 5.84. The summed E-state index contributed by atoms with van der Waals surface area (Å²) in [6.07, 6.45) is 8.54. The van der Waals surface area contributed by atoms with Gasteiger partial charge in [-0.3, -0.25) is 9.59 Å². The van der Waals surface area contributed by atoms with E-state index in [2.05, 4.69) is 27.7 Å². The van der Waals surface area contributed by atoms with E-state index in [-0.39, 0.29) is 23.1 Å². The summed E-state index contributed by atoms with van der Waals surface area (Å²) in [5.74, 6) is 3.17. The third-order valence-corrected chi connectivity index (χ3v) is 11.0. The van der Waals surface area contributed by atoms with Crippen molar-refractivity contribution >= 4 is 11.8 Å². The van der Waals surface area contributed by atoms with Crippen molar-refractivity contribution in [3.63, 3.8) is 0 Å². The zero-order chi connectivity index (χ0) is 22.6. The van der Waals surface area contributed by atoms with Crippen LogP contribution in [0.1, 0.15) is 91.9 Å². The van der Waals surface area contributed by atoms with E-state index < -0.39 is 6.17 Å². The number of esters is 1. The molecule has 4 aliphatic rings. The number of methoxy groups -OCH3 is 1. The molecular formula is C27H43FO3. The lowest BCUT2D eigenvalue weighted by Gasteiger charge is -2.63. The quantitative estimate of drug-likeness (QED) is 0.471. The molecule has 0 amide bonds. The summed E-state index contributed by atoms with van der Waals surface area (Å²) in [7, 11) is 1.48. The Bertz CT molecular complexity index is 707. The van der Waals surface area contributed by atoms with Gasteiger partial charge >= 0.3 is 5.97 Å². The number of carbonyl (C=O) groups excluding carboxylic acids is 2. The largest absolute Gasteiger partial charge is 0.469 e. The van der Waals surface area contributed by atoms with Gasteiger partial charge in [-0.15, -0.1) is 0 Å². The van der Waals surface area contributed by atoms with E-state index in [1.54, 1.807) is 0 Å². The highest BCUT2D eigenvalue weighted by atomic mass is 19.1. The molecule has 4 aliphatic carbocycles.